The molecule has 0 bridgehead atoms. The van der Waals surface area contributed by atoms with Crippen LogP contribution < -0.4 is 4.90 Å². The standard InChI is InChI=1S/C16H14BrNO2S/c1-10(19)21-15-8-16(20)18(9-15)14-5-3-11-6-13(17)4-2-12(11)7-14/h2-7,15H,8-9H2,1H3. The first-order chi connectivity index (χ1) is 10.0. The quantitative estimate of drug-likeness (QED) is 0.809. The molecule has 2 aromatic rings. The Morgan fingerprint density at radius 1 is 1.24 bits per heavy atom. The van der Waals surface area contributed by atoms with E-state index >= 15 is 0 Å². The second-order valence-electron chi connectivity index (χ2n) is 5.12. The van der Waals surface area contributed by atoms with Crippen molar-refractivity contribution in [2.24, 2.45) is 0 Å². The highest BCUT2D eigenvalue weighted by atomic mass is 79.9. The van der Waals surface area contributed by atoms with Crippen LogP contribution in [0.4, 0.5) is 5.69 Å². The molecular formula is C16H14BrNO2S. The smallest absolute Gasteiger partial charge is 0.228 e. The van der Waals surface area contributed by atoms with Gasteiger partial charge in [0, 0.05) is 35.3 Å². The number of anilines is 1. The molecule has 0 N–H and O–H groups in total. The van der Waals surface area contributed by atoms with Crippen LogP contribution in [0.25, 0.3) is 10.8 Å². The lowest BCUT2D eigenvalue weighted by molar-refractivity contribution is -0.117. The van der Waals surface area contributed by atoms with E-state index in [1.807, 2.05) is 30.3 Å². The van der Waals surface area contributed by atoms with Crippen LogP contribution in [-0.2, 0) is 9.59 Å². The van der Waals surface area contributed by atoms with Crippen molar-refractivity contribution in [2.45, 2.75) is 18.6 Å². The van der Waals surface area contributed by atoms with E-state index in [4.69, 9.17) is 0 Å². The zero-order valence-corrected chi connectivity index (χ0v) is 13.9. The molecule has 0 aliphatic carbocycles. The van der Waals surface area contributed by atoms with Gasteiger partial charge in [-0.15, -0.1) is 0 Å². The van der Waals surface area contributed by atoms with Crippen molar-refractivity contribution in [1.29, 1.82) is 0 Å². The number of amides is 1. The van der Waals surface area contributed by atoms with Gasteiger partial charge in [-0.3, -0.25) is 9.59 Å². The van der Waals surface area contributed by atoms with E-state index < -0.39 is 0 Å². The lowest BCUT2D eigenvalue weighted by atomic mass is 10.1. The van der Waals surface area contributed by atoms with Crippen LogP contribution in [0.1, 0.15) is 13.3 Å². The molecular weight excluding hydrogens is 350 g/mol. The first-order valence-corrected chi connectivity index (χ1v) is 8.37. The van der Waals surface area contributed by atoms with Crippen molar-refractivity contribution in [1.82, 2.24) is 0 Å². The van der Waals surface area contributed by atoms with Gasteiger partial charge in [-0.25, -0.2) is 0 Å². The van der Waals surface area contributed by atoms with Crippen LogP contribution in [0.3, 0.4) is 0 Å². The molecule has 5 heteroatoms. The zero-order valence-electron chi connectivity index (χ0n) is 11.5. The van der Waals surface area contributed by atoms with Gasteiger partial charge in [0.15, 0.2) is 5.12 Å². The van der Waals surface area contributed by atoms with Crippen molar-refractivity contribution in [2.75, 3.05) is 11.4 Å². The number of fused-ring (bicyclic) bond motifs is 1. The summed E-state index contributed by atoms with van der Waals surface area (Å²) in [5, 5.41) is 2.37. The molecule has 1 atom stereocenters. The van der Waals surface area contributed by atoms with Gasteiger partial charge in [-0.2, -0.15) is 0 Å². The summed E-state index contributed by atoms with van der Waals surface area (Å²) in [7, 11) is 0. The maximum Gasteiger partial charge on any atom is 0.228 e. The number of thioether (sulfide) groups is 1. The van der Waals surface area contributed by atoms with E-state index in [9.17, 15) is 9.59 Å². The van der Waals surface area contributed by atoms with Gasteiger partial charge in [0.2, 0.25) is 5.91 Å². The predicted molar refractivity (Wildman–Crippen MR) is 90.7 cm³/mol. The number of hydrogen-bond acceptors (Lipinski definition) is 3. The van der Waals surface area contributed by atoms with Crippen molar-refractivity contribution < 1.29 is 9.59 Å². The fraction of sp³-hybridized carbons (Fsp3) is 0.250. The molecule has 1 amide bonds. The maximum atomic E-state index is 12.2. The van der Waals surface area contributed by atoms with E-state index in [2.05, 4.69) is 22.0 Å². The van der Waals surface area contributed by atoms with E-state index in [-0.39, 0.29) is 16.3 Å². The lowest BCUT2D eigenvalue weighted by Gasteiger charge is -2.17. The molecule has 21 heavy (non-hydrogen) atoms. The van der Waals surface area contributed by atoms with Gasteiger partial charge in [0.05, 0.1) is 0 Å². The first kappa shape index (κ1) is 14.6. The highest BCUT2D eigenvalue weighted by molar-refractivity contribution is 9.10. The molecule has 1 fully saturated rings. The first-order valence-electron chi connectivity index (χ1n) is 6.70. The average molecular weight is 364 g/mol. The van der Waals surface area contributed by atoms with Crippen LogP contribution in [0.2, 0.25) is 0 Å². The van der Waals surface area contributed by atoms with Gasteiger partial charge >= 0.3 is 0 Å². The second kappa shape index (κ2) is 5.81. The highest BCUT2D eigenvalue weighted by Gasteiger charge is 2.31. The number of benzene rings is 2. The molecule has 1 heterocycles. The summed E-state index contributed by atoms with van der Waals surface area (Å²) in [4.78, 5) is 25.1. The third-order valence-corrected chi connectivity index (χ3v) is 4.99. The largest absolute Gasteiger partial charge is 0.311 e. The zero-order chi connectivity index (χ0) is 15.0. The van der Waals surface area contributed by atoms with Crippen LogP contribution in [0.5, 0.6) is 0 Å². The molecule has 0 radical (unpaired) electrons. The van der Waals surface area contributed by atoms with E-state index in [1.165, 1.54) is 11.8 Å². The Labute approximate surface area is 135 Å². The number of halogens is 1. The number of carbonyl (C=O) groups excluding carboxylic acids is 2. The van der Waals surface area contributed by atoms with Crippen LogP contribution in [0.15, 0.2) is 40.9 Å². The van der Waals surface area contributed by atoms with Gasteiger partial charge in [-0.05, 0) is 35.0 Å². The van der Waals surface area contributed by atoms with Crippen molar-refractivity contribution in [3.05, 3.63) is 40.9 Å². The maximum absolute atomic E-state index is 12.2. The average Bonchev–Trinajstić information content (AvgIpc) is 2.78. The third-order valence-electron chi connectivity index (χ3n) is 3.52. The summed E-state index contributed by atoms with van der Waals surface area (Å²) in [5.74, 6) is 0.0882. The SMILES string of the molecule is CC(=O)SC1CC(=O)N(c2ccc3cc(Br)ccc3c2)C1. The van der Waals surface area contributed by atoms with Crippen molar-refractivity contribution >= 4 is 55.2 Å². The minimum absolute atomic E-state index is 0.0654. The molecule has 1 aliphatic rings. The van der Waals surface area contributed by atoms with Gasteiger partial charge in [-0.1, -0.05) is 39.8 Å². The molecule has 3 nitrogen and oxygen atoms in total. The summed E-state index contributed by atoms with van der Waals surface area (Å²) < 4.78 is 1.04. The molecule has 1 aliphatic heterocycles. The third kappa shape index (κ3) is 3.14. The monoisotopic (exact) mass is 363 g/mol. The molecule has 1 saturated heterocycles. The molecule has 0 spiro atoms. The normalized spacial score (nSPS) is 18.5. The Morgan fingerprint density at radius 3 is 2.71 bits per heavy atom. The van der Waals surface area contributed by atoms with Crippen molar-refractivity contribution in [3.8, 4) is 0 Å². The minimum atomic E-state index is 0.0654. The summed E-state index contributed by atoms with van der Waals surface area (Å²) in [6, 6.07) is 12.1. The Morgan fingerprint density at radius 2 is 1.95 bits per heavy atom. The van der Waals surface area contributed by atoms with Gasteiger partial charge < -0.3 is 4.90 Å². The van der Waals surface area contributed by atoms with Gasteiger partial charge in [0.25, 0.3) is 0 Å². The molecule has 2 aromatic carbocycles. The van der Waals surface area contributed by atoms with E-state index in [1.54, 1.807) is 11.8 Å². The van der Waals surface area contributed by atoms with Crippen LogP contribution in [-0.4, -0.2) is 22.8 Å². The highest BCUT2D eigenvalue weighted by Crippen LogP contribution is 2.31. The Balaban J connectivity index is 1.88. The van der Waals surface area contributed by atoms with E-state index in [0.717, 1.165) is 20.9 Å². The van der Waals surface area contributed by atoms with E-state index in [0.29, 0.717) is 13.0 Å². The fourth-order valence-corrected chi connectivity index (χ4v) is 3.91. The molecule has 3 rings (SSSR count). The second-order valence-corrected chi connectivity index (χ2v) is 7.51. The molecule has 0 saturated carbocycles. The number of rotatable bonds is 2. The minimum Gasteiger partial charge on any atom is -0.311 e. The van der Waals surface area contributed by atoms with Crippen LogP contribution >= 0.6 is 27.7 Å². The fourth-order valence-electron chi connectivity index (χ4n) is 2.61. The Bertz CT molecular complexity index is 731. The Kier molecular flexibility index (Phi) is 4.04. The predicted octanol–water partition coefficient (Wildman–Crippen LogP) is 3.99. The molecule has 0 aromatic heterocycles. The van der Waals surface area contributed by atoms with Crippen molar-refractivity contribution in [3.63, 3.8) is 0 Å². The van der Waals surface area contributed by atoms with Gasteiger partial charge in [0.1, 0.15) is 0 Å². The summed E-state index contributed by atoms with van der Waals surface area (Å²) in [6.07, 6.45) is 0.433. The molecule has 1 unspecified atom stereocenters. The molecule has 108 valence electrons. The summed E-state index contributed by atoms with van der Waals surface area (Å²) >= 11 is 4.72. The summed E-state index contributed by atoms with van der Waals surface area (Å²) in [6.45, 7) is 2.15. The summed E-state index contributed by atoms with van der Waals surface area (Å²) in [5.41, 5.74) is 0.904. The number of hydrogen-bond donors (Lipinski definition) is 0. The van der Waals surface area contributed by atoms with Crippen LogP contribution in [0, 0.1) is 0 Å². The number of carbonyl (C=O) groups is 2. The topological polar surface area (TPSA) is 37.4 Å². The lowest BCUT2D eigenvalue weighted by Crippen LogP contribution is -2.24. The number of nitrogens with zero attached hydrogens (tertiary/aromatic N) is 1. The Hall–Kier alpha value is -1.33.